The maximum Gasteiger partial charge on any atom is 0.312 e. The summed E-state index contributed by atoms with van der Waals surface area (Å²) in [5.41, 5.74) is 5.38. The summed E-state index contributed by atoms with van der Waals surface area (Å²) >= 11 is 0. The molecule has 0 aliphatic heterocycles. The topological polar surface area (TPSA) is 122 Å². The van der Waals surface area contributed by atoms with Crippen LogP contribution in [-0.4, -0.2) is 28.6 Å². The summed E-state index contributed by atoms with van der Waals surface area (Å²) in [6, 6.07) is 6.03. The number of hydrogen-bond donors (Lipinski definition) is 4. The van der Waals surface area contributed by atoms with E-state index in [1.165, 1.54) is 0 Å². The van der Waals surface area contributed by atoms with Crippen molar-refractivity contribution in [2.75, 3.05) is 0 Å². The molecule has 0 heterocycles. The van der Waals surface area contributed by atoms with Crippen LogP contribution < -0.4 is 16.4 Å². The zero-order chi connectivity index (χ0) is 17.6. The monoisotopic (exact) mass is 321 g/mol. The van der Waals surface area contributed by atoms with Gasteiger partial charge in [-0.2, -0.15) is 0 Å². The molecular formula is C16H23N3O4. The summed E-state index contributed by atoms with van der Waals surface area (Å²) < 4.78 is 0. The van der Waals surface area contributed by atoms with E-state index in [-0.39, 0.29) is 24.8 Å². The van der Waals surface area contributed by atoms with Gasteiger partial charge in [0, 0.05) is 12.1 Å². The molecule has 5 N–H and O–H groups in total. The SMILES string of the molecule is CC(C)C(C)(CC(=O)O)NC(=O)c1ccc(CNC(N)=O)cc1. The van der Waals surface area contributed by atoms with Gasteiger partial charge in [-0.3, -0.25) is 9.59 Å². The first kappa shape index (κ1) is 18.5. The molecule has 1 rings (SSSR count). The Balaban J connectivity index is 2.80. The highest BCUT2D eigenvalue weighted by molar-refractivity contribution is 5.95. The van der Waals surface area contributed by atoms with Crippen molar-refractivity contribution in [1.29, 1.82) is 0 Å². The van der Waals surface area contributed by atoms with E-state index in [1.807, 2.05) is 13.8 Å². The third-order valence-electron chi connectivity index (χ3n) is 3.87. The number of carbonyl (C=O) groups excluding carboxylic acids is 2. The lowest BCUT2D eigenvalue weighted by atomic mass is 9.85. The maximum atomic E-state index is 12.3. The summed E-state index contributed by atoms with van der Waals surface area (Å²) in [7, 11) is 0. The molecule has 3 amide bonds. The molecule has 0 aliphatic carbocycles. The van der Waals surface area contributed by atoms with E-state index >= 15 is 0 Å². The molecular weight excluding hydrogens is 298 g/mol. The van der Waals surface area contributed by atoms with Crippen molar-refractivity contribution in [1.82, 2.24) is 10.6 Å². The minimum Gasteiger partial charge on any atom is -0.481 e. The third kappa shape index (κ3) is 5.61. The minimum atomic E-state index is -0.964. The first-order chi connectivity index (χ1) is 10.6. The van der Waals surface area contributed by atoms with E-state index < -0.39 is 17.5 Å². The van der Waals surface area contributed by atoms with E-state index in [1.54, 1.807) is 31.2 Å². The Labute approximate surface area is 135 Å². The Hall–Kier alpha value is -2.57. The third-order valence-corrected chi connectivity index (χ3v) is 3.87. The fourth-order valence-electron chi connectivity index (χ4n) is 2.00. The zero-order valence-corrected chi connectivity index (χ0v) is 13.6. The van der Waals surface area contributed by atoms with E-state index in [4.69, 9.17) is 10.8 Å². The molecule has 0 saturated heterocycles. The Morgan fingerprint density at radius 2 is 1.78 bits per heavy atom. The number of carboxylic acids is 1. The molecule has 0 spiro atoms. The van der Waals surface area contributed by atoms with Crippen LogP contribution in [0, 0.1) is 5.92 Å². The van der Waals surface area contributed by atoms with E-state index in [9.17, 15) is 14.4 Å². The number of aliphatic carboxylic acids is 1. The van der Waals surface area contributed by atoms with Crippen molar-refractivity contribution in [2.24, 2.45) is 11.7 Å². The number of carboxylic acid groups (broad SMARTS) is 1. The van der Waals surface area contributed by atoms with Gasteiger partial charge in [0.05, 0.1) is 12.0 Å². The molecule has 23 heavy (non-hydrogen) atoms. The molecule has 1 aromatic rings. The van der Waals surface area contributed by atoms with E-state index in [0.717, 1.165) is 5.56 Å². The Bertz CT molecular complexity index is 583. The Morgan fingerprint density at radius 1 is 1.22 bits per heavy atom. The second kappa shape index (κ2) is 7.62. The molecule has 0 aromatic heterocycles. The lowest BCUT2D eigenvalue weighted by Crippen LogP contribution is -2.51. The summed E-state index contributed by atoms with van der Waals surface area (Å²) in [6.45, 7) is 5.72. The molecule has 7 nitrogen and oxygen atoms in total. The van der Waals surface area contributed by atoms with Crippen LogP contribution in [-0.2, 0) is 11.3 Å². The van der Waals surface area contributed by atoms with Gasteiger partial charge in [-0.1, -0.05) is 26.0 Å². The van der Waals surface area contributed by atoms with Gasteiger partial charge < -0.3 is 21.5 Å². The Kier molecular flexibility index (Phi) is 6.12. The standard InChI is InChI=1S/C16H23N3O4/c1-10(2)16(3,8-13(20)21)19-14(22)12-6-4-11(5-7-12)9-18-15(17)23/h4-7,10H,8-9H2,1-3H3,(H,19,22)(H,20,21)(H3,17,18,23). The summed E-state index contributed by atoms with van der Waals surface area (Å²) in [5.74, 6) is -1.34. The molecule has 0 aliphatic rings. The highest BCUT2D eigenvalue weighted by Crippen LogP contribution is 2.21. The van der Waals surface area contributed by atoms with Crippen molar-refractivity contribution >= 4 is 17.9 Å². The first-order valence-electron chi connectivity index (χ1n) is 7.30. The number of benzene rings is 1. The molecule has 1 unspecified atom stereocenters. The molecule has 0 radical (unpaired) electrons. The number of amides is 3. The van der Waals surface area contributed by atoms with Gasteiger partial charge in [-0.25, -0.2) is 4.79 Å². The van der Waals surface area contributed by atoms with Gasteiger partial charge in [0.1, 0.15) is 0 Å². The van der Waals surface area contributed by atoms with Crippen LogP contribution in [0.5, 0.6) is 0 Å². The van der Waals surface area contributed by atoms with Crippen molar-refractivity contribution in [3.63, 3.8) is 0 Å². The average Bonchev–Trinajstić information content (AvgIpc) is 2.44. The summed E-state index contributed by atoms with van der Waals surface area (Å²) in [6.07, 6.45) is -0.156. The molecule has 0 bridgehead atoms. The van der Waals surface area contributed by atoms with Gasteiger partial charge in [0.2, 0.25) is 0 Å². The molecule has 1 aromatic carbocycles. The van der Waals surface area contributed by atoms with Gasteiger partial charge in [0.15, 0.2) is 0 Å². The summed E-state index contributed by atoms with van der Waals surface area (Å²) in [4.78, 5) is 34.0. The number of primary amides is 1. The van der Waals surface area contributed by atoms with Crippen LogP contribution in [0.15, 0.2) is 24.3 Å². The zero-order valence-electron chi connectivity index (χ0n) is 13.6. The summed E-state index contributed by atoms with van der Waals surface area (Å²) in [5, 5.41) is 14.3. The predicted octanol–water partition coefficient (Wildman–Crippen LogP) is 1.47. The quantitative estimate of drug-likeness (QED) is 0.607. The molecule has 0 fully saturated rings. The fourth-order valence-corrected chi connectivity index (χ4v) is 2.00. The normalized spacial score (nSPS) is 13.2. The molecule has 1 atom stereocenters. The number of rotatable bonds is 7. The van der Waals surface area contributed by atoms with Crippen LogP contribution in [0.4, 0.5) is 4.79 Å². The number of hydrogen-bond acceptors (Lipinski definition) is 3. The second-order valence-electron chi connectivity index (χ2n) is 6.01. The van der Waals surface area contributed by atoms with Gasteiger partial charge in [0.25, 0.3) is 5.91 Å². The van der Waals surface area contributed by atoms with Gasteiger partial charge in [-0.15, -0.1) is 0 Å². The second-order valence-corrected chi connectivity index (χ2v) is 6.01. The predicted molar refractivity (Wildman–Crippen MR) is 85.8 cm³/mol. The number of nitrogens with one attached hydrogen (secondary N) is 2. The van der Waals surface area contributed by atoms with Gasteiger partial charge in [-0.05, 0) is 30.5 Å². The largest absolute Gasteiger partial charge is 0.481 e. The van der Waals surface area contributed by atoms with Crippen molar-refractivity contribution in [3.8, 4) is 0 Å². The van der Waals surface area contributed by atoms with Crippen molar-refractivity contribution < 1.29 is 19.5 Å². The van der Waals surface area contributed by atoms with Crippen LogP contribution in [0.3, 0.4) is 0 Å². The van der Waals surface area contributed by atoms with Crippen LogP contribution >= 0.6 is 0 Å². The lowest BCUT2D eigenvalue weighted by Gasteiger charge is -2.33. The van der Waals surface area contributed by atoms with Crippen LogP contribution in [0.2, 0.25) is 0 Å². The highest BCUT2D eigenvalue weighted by Gasteiger charge is 2.33. The number of urea groups is 1. The highest BCUT2D eigenvalue weighted by atomic mass is 16.4. The Morgan fingerprint density at radius 3 is 2.22 bits per heavy atom. The number of carbonyl (C=O) groups is 3. The van der Waals surface area contributed by atoms with Crippen molar-refractivity contribution in [2.45, 2.75) is 39.3 Å². The first-order valence-corrected chi connectivity index (χ1v) is 7.30. The van der Waals surface area contributed by atoms with Crippen LogP contribution in [0.25, 0.3) is 0 Å². The minimum absolute atomic E-state index is 0.0402. The van der Waals surface area contributed by atoms with E-state index in [0.29, 0.717) is 5.56 Å². The van der Waals surface area contributed by atoms with Gasteiger partial charge >= 0.3 is 12.0 Å². The fraction of sp³-hybridized carbons (Fsp3) is 0.438. The van der Waals surface area contributed by atoms with E-state index in [2.05, 4.69) is 10.6 Å². The van der Waals surface area contributed by atoms with Crippen molar-refractivity contribution in [3.05, 3.63) is 35.4 Å². The molecule has 0 saturated carbocycles. The maximum absolute atomic E-state index is 12.3. The lowest BCUT2D eigenvalue weighted by molar-refractivity contribution is -0.138. The molecule has 7 heteroatoms. The molecule has 126 valence electrons. The average molecular weight is 321 g/mol. The smallest absolute Gasteiger partial charge is 0.312 e. The van der Waals surface area contributed by atoms with Crippen LogP contribution in [0.1, 0.15) is 43.1 Å². The number of nitrogens with two attached hydrogens (primary N) is 1.